The third kappa shape index (κ3) is 3.38. The molecule has 1 aromatic heterocycles. The molecule has 0 saturated carbocycles. The molecule has 1 heterocycles. The van der Waals surface area contributed by atoms with Gasteiger partial charge in [0.05, 0.1) is 29.0 Å². The fourth-order valence-corrected chi connectivity index (χ4v) is 4.94. The fourth-order valence-electron chi connectivity index (χ4n) is 3.00. The van der Waals surface area contributed by atoms with Crippen molar-refractivity contribution in [3.8, 4) is 5.75 Å². The van der Waals surface area contributed by atoms with Gasteiger partial charge in [-0.15, -0.1) is 0 Å². The van der Waals surface area contributed by atoms with Crippen molar-refractivity contribution in [2.45, 2.75) is 18.2 Å². The van der Waals surface area contributed by atoms with Crippen molar-refractivity contribution >= 4 is 50.1 Å². The Labute approximate surface area is 165 Å². The smallest absolute Gasteiger partial charge is 0.307 e. The Morgan fingerprint density at radius 2 is 1.81 bits per heavy atom. The molecular formula is C18H15Cl2NO5S. The second-order valence-corrected chi connectivity index (χ2v) is 8.49. The van der Waals surface area contributed by atoms with Gasteiger partial charge in [-0.2, -0.15) is 0 Å². The monoisotopic (exact) mass is 427 g/mol. The minimum atomic E-state index is -4.00. The van der Waals surface area contributed by atoms with Gasteiger partial charge in [-0.3, -0.25) is 4.79 Å². The zero-order chi connectivity index (χ0) is 19.9. The van der Waals surface area contributed by atoms with E-state index in [1.54, 1.807) is 13.0 Å². The van der Waals surface area contributed by atoms with Gasteiger partial charge in [0.15, 0.2) is 0 Å². The molecule has 6 nitrogen and oxygen atoms in total. The van der Waals surface area contributed by atoms with Gasteiger partial charge in [0, 0.05) is 16.1 Å². The molecule has 3 rings (SSSR count). The first-order valence-electron chi connectivity index (χ1n) is 7.77. The fraction of sp³-hybridized carbons (Fsp3) is 0.167. The highest BCUT2D eigenvalue weighted by molar-refractivity contribution is 7.90. The molecule has 3 aromatic rings. The van der Waals surface area contributed by atoms with Crippen LogP contribution in [0.15, 0.2) is 41.3 Å². The van der Waals surface area contributed by atoms with E-state index in [0.29, 0.717) is 27.4 Å². The van der Waals surface area contributed by atoms with Gasteiger partial charge >= 0.3 is 5.97 Å². The molecule has 27 heavy (non-hydrogen) atoms. The highest BCUT2D eigenvalue weighted by Gasteiger charge is 2.27. The molecule has 2 aromatic carbocycles. The van der Waals surface area contributed by atoms with Crippen LogP contribution >= 0.6 is 23.2 Å². The lowest BCUT2D eigenvalue weighted by molar-refractivity contribution is -0.136. The number of hydrogen-bond acceptors (Lipinski definition) is 4. The van der Waals surface area contributed by atoms with Gasteiger partial charge in [-0.25, -0.2) is 12.4 Å². The Morgan fingerprint density at radius 1 is 1.19 bits per heavy atom. The van der Waals surface area contributed by atoms with E-state index in [1.165, 1.54) is 37.4 Å². The van der Waals surface area contributed by atoms with E-state index < -0.39 is 16.0 Å². The maximum atomic E-state index is 13.2. The second-order valence-electron chi connectivity index (χ2n) is 5.86. The number of fused-ring (bicyclic) bond motifs is 1. The van der Waals surface area contributed by atoms with Crippen LogP contribution in [0, 0.1) is 6.92 Å². The summed E-state index contributed by atoms with van der Waals surface area (Å²) in [6, 6.07) is 8.75. The first kappa shape index (κ1) is 19.5. The molecule has 0 radical (unpaired) electrons. The van der Waals surface area contributed by atoms with Gasteiger partial charge in [-0.05, 0) is 48.9 Å². The van der Waals surface area contributed by atoms with Crippen LogP contribution in [0.4, 0.5) is 0 Å². The minimum Gasteiger partial charge on any atom is -0.495 e. The van der Waals surface area contributed by atoms with Crippen molar-refractivity contribution in [1.29, 1.82) is 0 Å². The van der Waals surface area contributed by atoms with Crippen molar-refractivity contribution in [1.82, 2.24) is 3.97 Å². The van der Waals surface area contributed by atoms with Crippen LogP contribution in [-0.4, -0.2) is 30.6 Å². The highest BCUT2D eigenvalue weighted by Crippen LogP contribution is 2.37. The van der Waals surface area contributed by atoms with Crippen LogP contribution in [-0.2, 0) is 21.2 Å². The summed E-state index contributed by atoms with van der Waals surface area (Å²) in [5.41, 5.74) is 0.959. The predicted molar refractivity (Wildman–Crippen MR) is 104 cm³/mol. The summed E-state index contributed by atoms with van der Waals surface area (Å²) in [5.74, 6) is -0.744. The van der Waals surface area contributed by atoms with E-state index in [2.05, 4.69) is 0 Å². The van der Waals surface area contributed by atoms with E-state index >= 15 is 0 Å². The lowest BCUT2D eigenvalue weighted by atomic mass is 10.1. The second kappa shape index (κ2) is 7.07. The molecule has 142 valence electrons. The molecule has 9 heteroatoms. The molecule has 0 unspecified atom stereocenters. The number of nitrogens with zero attached hydrogens (tertiary/aromatic N) is 1. The number of aliphatic carboxylic acids is 1. The molecule has 0 amide bonds. The maximum Gasteiger partial charge on any atom is 0.307 e. The standard InChI is InChI=1S/C18H15Cl2NO5S/c1-10-13(8-18(22)23)14-7-17(26-2)15(20)9-16(14)21(10)27(24,25)12-5-3-11(19)4-6-12/h3-7,9H,8H2,1-2H3,(H,22,23). The summed E-state index contributed by atoms with van der Waals surface area (Å²) >= 11 is 12.0. The van der Waals surface area contributed by atoms with Crippen molar-refractivity contribution in [3.63, 3.8) is 0 Å². The molecule has 0 aliphatic rings. The molecule has 0 atom stereocenters. The first-order valence-corrected chi connectivity index (χ1v) is 9.96. The normalized spacial score (nSPS) is 11.7. The SMILES string of the molecule is COc1cc2c(CC(=O)O)c(C)n(S(=O)(=O)c3ccc(Cl)cc3)c2cc1Cl. The van der Waals surface area contributed by atoms with E-state index in [0.717, 1.165) is 3.97 Å². The average Bonchev–Trinajstić information content (AvgIpc) is 2.85. The molecule has 1 N–H and O–H groups in total. The molecule has 0 saturated heterocycles. The lowest BCUT2D eigenvalue weighted by Gasteiger charge is -2.11. The van der Waals surface area contributed by atoms with Gasteiger partial charge in [0.2, 0.25) is 0 Å². The third-order valence-corrected chi connectivity index (χ3v) is 6.60. The molecular weight excluding hydrogens is 413 g/mol. The van der Waals surface area contributed by atoms with Crippen LogP contribution in [0.1, 0.15) is 11.3 Å². The van der Waals surface area contributed by atoms with Crippen molar-refractivity contribution in [2.24, 2.45) is 0 Å². The summed E-state index contributed by atoms with van der Waals surface area (Å²) in [5, 5.41) is 10.3. The Hall–Kier alpha value is -2.22. The predicted octanol–water partition coefficient (Wildman–Crippen LogP) is 4.13. The number of hydrogen-bond donors (Lipinski definition) is 1. The number of rotatable bonds is 5. The average molecular weight is 428 g/mol. The zero-order valence-corrected chi connectivity index (χ0v) is 16.7. The van der Waals surface area contributed by atoms with Crippen LogP contribution in [0.3, 0.4) is 0 Å². The third-order valence-electron chi connectivity index (χ3n) is 4.24. The van der Waals surface area contributed by atoms with Crippen LogP contribution in [0.5, 0.6) is 5.75 Å². The zero-order valence-electron chi connectivity index (χ0n) is 14.4. The highest BCUT2D eigenvalue weighted by atomic mass is 35.5. The number of halogens is 2. The lowest BCUT2D eigenvalue weighted by Crippen LogP contribution is -2.15. The Morgan fingerprint density at radius 3 is 2.37 bits per heavy atom. The quantitative estimate of drug-likeness (QED) is 0.661. The van der Waals surface area contributed by atoms with Crippen molar-refractivity contribution < 1.29 is 23.1 Å². The number of carboxylic acid groups (broad SMARTS) is 1. The Kier molecular flexibility index (Phi) is 5.12. The summed E-state index contributed by atoms with van der Waals surface area (Å²) in [4.78, 5) is 11.4. The van der Waals surface area contributed by atoms with Gasteiger partial charge in [0.25, 0.3) is 10.0 Å². The molecule has 0 spiro atoms. The van der Waals surface area contributed by atoms with Crippen LogP contribution < -0.4 is 4.74 Å². The van der Waals surface area contributed by atoms with E-state index in [-0.39, 0.29) is 21.9 Å². The van der Waals surface area contributed by atoms with Gasteiger partial charge < -0.3 is 9.84 Å². The van der Waals surface area contributed by atoms with E-state index in [1.807, 2.05) is 0 Å². The number of benzene rings is 2. The van der Waals surface area contributed by atoms with Gasteiger partial charge in [0.1, 0.15) is 5.75 Å². The summed E-state index contributed by atoms with van der Waals surface area (Å²) in [7, 11) is -2.57. The number of methoxy groups -OCH3 is 1. The van der Waals surface area contributed by atoms with Crippen LogP contribution in [0.25, 0.3) is 10.9 Å². The summed E-state index contributed by atoms with van der Waals surface area (Å²) < 4.78 is 32.8. The molecule has 0 bridgehead atoms. The van der Waals surface area contributed by atoms with E-state index in [4.69, 9.17) is 27.9 Å². The number of carbonyl (C=O) groups is 1. The largest absolute Gasteiger partial charge is 0.495 e. The molecule has 0 aliphatic heterocycles. The van der Waals surface area contributed by atoms with E-state index in [9.17, 15) is 18.3 Å². The Balaban J connectivity index is 2.38. The van der Waals surface area contributed by atoms with Crippen molar-refractivity contribution in [3.05, 3.63) is 57.7 Å². The first-order chi connectivity index (χ1) is 12.7. The number of aromatic nitrogens is 1. The number of ether oxygens (including phenoxy) is 1. The number of carboxylic acids is 1. The molecule has 0 aliphatic carbocycles. The molecule has 0 fully saturated rings. The van der Waals surface area contributed by atoms with Crippen LogP contribution in [0.2, 0.25) is 10.0 Å². The topological polar surface area (TPSA) is 85.6 Å². The maximum absolute atomic E-state index is 13.2. The Bertz CT molecular complexity index is 1150. The van der Waals surface area contributed by atoms with Crippen molar-refractivity contribution in [2.75, 3.05) is 7.11 Å². The summed E-state index contributed by atoms with van der Waals surface area (Å²) in [6.45, 7) is 1.56. The minimum absolute atomic E-state index is 0.0284. The summed E-state index contributed by atoms with van der Waals surface area (Å²) in [6.07, 6.45) is -0.337. The van der Waals surface area contributed by atoms with Gasteiger partial charge in [-0.1, -0.05) is 23.2 Å².